The van der Waals surface area contributed by atoms with Crippen molar-refractivity contribution in [3.8, 4) is 11.8 Å². The highest BCUT2D eigenvalue weighted by Crippen LogP contribution is 2.36. The summed E-state index contributed by atoms with van der Waals surface area (Å²) in [5.74, 6) is 1.01. The lowest BCUT2D eigenvalue weighted by molar-refractivity contribution is 0.414. The molecule has 17 heavy (non-hydrogen) atoms. The van der Waals surface area contributed by atoms with Gasteiger partial charge in [0.1, 0.15) is 23.2 Å². The summed E-state index contributed by atoms with van der Waals surface area (Å²) in [7, 11) is 0. The third-order valence-electron chi connectivity index (χ3n) is 3.47. The minimum Gasteiger partial charge on any atom is -0.506 e. The SMILES string of the molecule is CC1CC[C](c2cc(O)c(C#N)c(F)c2)CC1. The number of nitrogens with zero attached hydrogens (tertiary/aromatic N) is 1. The minimum atomic E-state index is -0.631. The Bertz CT molecular complexity index is 433. The fourth-order valence-corrected chi connectivity index (χ4v) is 2.31. The number of benzene rings is 1. The number of phenols is 1. The number of rotatable bonds is 1. The first kappa shape index (κ1) is 11.9. The monoisotopic (exact) mass is 232 g/mol. The van der Waals surface area contributed by atoms with Gasteiger partial charge in [0.15, 0.2) is 0 Å². The minimum absolute atomic E-state index is 0.256. The van der Waals surface area contributed by atoms with Gasteiger partial charge in [-0.1, -0.05) is 6.92 Å². The highest BCUT2D eigenvalue weighted by atomic mass is 19.1. The molecule has 1 aliphatic rings. The highest BCUT2D eigenvalue weighted by Gasteiger charge is 2.22. The van der Waals surface area contributed by atoms with Gasteiger partial charge in [0.2, 0.25) is 0 Å². The van der Waals surface area contributed by atoms with Gasteiger partial charge in [0.25, 0.3) is 0 Å². The molecule has 0 amide bonds. The van der Waals surface area contributed by atoms with Crippen LogP contribution in [0.3, 0.4) is 0 Å². The van der Waals surface area contributed by atoms with Crippen LogP contribution in [0.5, 0.6) is 5.75 Å². The van der Waals surface area contributed by atoms with Gasteiger partial charge in [-0.15, -0.1) is 0 Å². The Hall–Kier alpha value is -1.56. The van der Waals surface area contributed by atoms with E-state index in [1.54, 1.807) is 6.07 Å². The van der Waals surface area contributed by atoms with Crippen molar-refractivity contribution in [3.05, 3.63) is 35.0 Å². The lowest BCUT2D eigenvalue weighted by Crippen LogP contribution is -2.12. The Kier molecular flexibility index (Phi) is 3.33. The Morgan fingerprint density at radius 3 is 2.53 bits per heavy atom. The molecule has 1 saturated carbocycles. The first-order valence-electron chi connectivity index (χ1n) is 5.89. The van der Waals surface area contributed by atoms with Gasteiger partial charge in [0.05, 0.1) is 0 Å². The van der Waals surface area contributed by atoms with Crippen LogP contribution in [0.2, 0.25) is 0 Å². The second kappa shape index (κ2) is 4.75. The fraction of sp³-hybridized carbons (Fsp3) is 0.429. The number of aromatic hydroxyl groups is 1. The lowest BCUT2D eigenvalue weighted by atomic mass is 9.79. The summed E-state index contributed by atoms with van der Waals surface area (Å²) in [6, 6.07) is 4.54. The van der Waals surface area contributed by atoms with Crippen LogP contribution >= 0.6 is 0 Å². The van der Waals surface area contributed by atoms with Crippen LogP contribution in [0.15, 0.2) is 12.1 Å². The molecule has 0 heterocycles. The number of hydrogen-bond donors (Lipinski definition) is 1. The number of nitriles is 1. The zero-order valence-electron chi connectivity index (χ0n) is 9.83. The second-order valence-corrected chi connectivity index (χ2v) is 4.75. The van der Waals surface area contributed by atoms with Crippen molar-refractivity contribution in [3.63, 3.8) is 0 Å². The first-order chi connectivity index (χ1) is 8.11. The van der Waals surface area contributed by atoms with Crippen molar-refractivity contribution in [2.45, 2.75) is 32.6 Å². The van der Waals surface area contributed by atoms with Crippen molar-refractivity contribution < 1.29 is 9.50 Å². The number of phenolic OH excluding ortho intramolecular Hbond substituents is 1. The van der Waals surface area contributed by atoms with Gasteiger partial charge < -0.3 is 5.11 Å². The first-order valence-corrected chi connectivity index (χ1v) is 5.89. The van der Waals surface area contributed by atoms with Crippen LogP contribution in [-0.4, -0.2) is 5.11 Å². The molecule has 0 saturated heterocycles. The van der Waals surface area contributed by atoms with E-state index < -0.39 is 5.82 Å². The van der Waals surface area contributed by atoms with Crippen molar-refractivity contribution >= 4 is 0 Å². The van der Waals surface area contributed by atoms with E-state index in [0.29, 0.717) is 0 Å². The van der Waals surface area contributed by atoms with E-state index in [1.807, 2.05) is 0 Å². The van der Waals surface area contributed by atoms with Crippen molar-refractivity contribution in [1.29, 1.82) is 5.26 Å². The molecule has 0 unspecified atom stereocenters. The molecule has 3 heteroatoms. The van der Waals surface area contributed by atoms with E-state index in [4.69, 9.17) is 5.26 Å². The Morgan fingerprint density at radius 1 is 1.35 bits per heavy atom. The predicted molar refractivity (Wildman–Crippen MR) is 62.8 cm³/mol. The molecule has 1 radical (unpaired) electrons. The predicted octanol–water partition coefficient (Wildman–Crippen LogP) is 3.54. The maximum Gasteiger partial charge on any atom is 0.145 e. The largest absolute Gasteiger partial charge is 0.506 e. The second-order valence-electron chi connectivity index (χ2n) is 4.75. The Labute approximate surface area is 101 Å². The Balaban J connectivity index is 2.26. The molecule has 0 aliphatic heterocycles. The van der Waals surface area contributed by atoms with Gasteiger partial charge in [-0.05, 0) is 49.3 Å². The summed E-state index contributed by atoms with van der Waals surface area (Å²) >= 11 is 0. The average molecular weight is 232 g/mol. The van der Waals surface area contributed by atoms with Gasteiger partial charge in [0, 0.05) is 5.92 Å². The fourth-order valence-electron chi connectivity index (χ4n) is 2.31. The molecule has 1 aromatic carbocycles. The van der Waals surface area contributed by atoms with Crippen molar-refractivity contribution in [2.24, 2.45) is 5.92 Å². The van der Waals surface area contributed by atoms with Crippen LogP contribution in [0.4, 0.5) is 4.39 Å². The number of hydrogen-bond acceptors (Lipinski definition) is 2. The molecular weight excluding hydrogens is 217 g/mol. The highest BCUT2D eigenvalue weighted by molar-refractivity contribution is 5.48. The zero-order valence-corrected chi connectivity index (χ0v) is 9.83. The number of halogens is 1. The van der Waals surface area contributed by atoms with Gasteiger partial charge in [-0.2, -0.15) is 5.26 Å². The van der Waals surface area contributed by atoms with Gasteiger partial charge in [-0.25, -0.2) is 4.39 Å². The third-order valence-corrected chi connectivity index (χ3v) is 3.47. The molecule has 2 nitrogen and oxygen atoms in total. The molecule has 89 valence electrons. The lowest BCUT2D eigenvalue weighted by Gasteiger charge is -2.26. The van der Waals surface area contributed by atoms with E-state index >= 15 is 0 Å². The van der Waals surface area contributed by atoms with Crippen molar-refractivity contribution in [1.82, 2.24) is 0 Å². The van der Waals surface area contributed by atoms with E-state index in [0.717, 1.165) is 37.2 Å². The molecule has 1 aromatic rings. The standard InChI is InChI=1S/C14H15FNO/c1-9-2-4-10(5-3-9)11-6-13(15)12(8-16)14(17)7-11/h6-7,9,17H,2-5H2,1H3. The molecule has 0 bridgehead atoms. The molecule has 1 aliphatic carbocycles. The summed E-state index contributed by atoms with van der Waals surface area (Å²) in [5.41, 5.74) is 0.476. The average Bonchev–Trinajstić information content (AvgIpc) is 2.29. The topological polar surface area (TPSA) is 44.0 Å². The summed E-state index contributed by atoms with van der Waals surface area (Å²) in [4.78, 5) is 0. The molecule has 0 spiro atoms. The van der Waals surface area contributed by atoms with E-state index in [1.165, 1.54) is 18.1 Å². The maximum absolute atomic E-state index is 13.5. The van der Waals surface area contributed by atoms with E-state index in [-0.39, 0.29) is 11.3 Å². The quantitative estimate of drug-likeness (QED) is 0.804. The molecule has 0 atom stereocenters. The maximum atomic E-state index is 13.5. The van der Waals surface area contributed by atoms with Crippen LogP contribution in [0, 0.1) is 29.0 Å². The molecule has 2 rings (SSSR count). The zero-order chi connectivity index (χ0) is 12.4. The molecule has 1 fully saturated rings. The smallest absolute Gasteiger partial charge is 0.145 e. The summed E-state index contributed by atoms with van der Waals surface area (Å²) in [5, 5.41) is 18.3. The van der Waals surface area contributed by atoms with Crippen LogP contribution < -0.4 is 0 Å². The van der Waals surface area contributed by atoms with Crippen LogP contribution in [-0.2, 0) is 0 Å². The Morgan fingerprint density at radius 2 is 2.00 bits per heavy atom. The van der Waals surface area contributed by atoms with Crippen LogP contribution in [0.1, 0.15) is 43.7 Å². The van der Waals surface area contributed by atoms with E-state index in [2.05, 4.69) is 6.92 Å². The van der Waals surface area contributed by atoms with Crippen LogP contribution in [0.25, 0.3) is 0 Å². The molecule has 1 N–H and O–H groups in total. The third kappa shape index (κ3) is 2.41. The normalized spacial score (nSPS) is 17.9. The van der Waals surface area contributed by atoms with Gasteiger partial charge in [-0.3, -0.25) is 0 Å². The molecule has 0 aromatic heterocycles. The van der Waals surface area contributed by atoms with Gasteiger partial charge >= 0.3 is 0 Å². The summed E-state index contributed by atoms with van der Waals surface area (Å²) < 4.78 is 13.5. The molecular formula is C14H15FNO. The van der Waals surface area contributed by atoms with Crippen molar-refractivity contribution in [2.75, 3.05) is 0 Å². The summed E-state index contributed by atoms with van der Waals surface area (Å²) in [6.45, 7) is 2.22. The summed E-state index contributed by atoms with van der Waals surface area (Å²) in [6.07, 6.45) is 4.12. The van der Waals surface area contributed by atoms with E-state index in [9.17, 15) is 9.50 Å².